The molecule has 130 valence electrons. The van der Waals surface area contributed by atoms with E-state index in [1.54, 1.807) is 4.90 Å². The number of hydrogen-bond donors (Lipinski definition) is 0. The molecule has 0 N–H and O–H groups in total. The highest BCUT2D eigenvalue weighted by Gasteiger charge is 2.22. The number of aromatic nitrogens is 3. The zero-order valence-electron chi connectivity index (χ0n) is 13.7. The SMILES string of the molecule is O=C1CCCN1c1cccc(-c2cnnc(-c3cccc(F)c3F)n2)c1. The fourth-order valence-corrected chi connectivity index (χ4v) is 2.99. The molecule has 0 saturated carbocycles. The lowest BCUT2D eigenvalue weighted by Gasteiger charge is -2.16. The van der Waals surface area contributed by atoms with E-state index in [1.807, 2.05) is 24.3 Å². The third kappa shape index (κ3) is 2.92. The molecule has 2 aromatic carbocycles. The van der Waals surface area contributed by atoms with Gasteiger partial charge in [0.1, 0.15) is 0 Å². The van der Waals surface area contributed by atoms with Gasteiger partial charge in [0.2, 0.25) is 5.91 Å². The number of nitrogens with zero attached hydrogens (tertiary/aromatic N) is 4. The Kier molecular flexibility index (Phi) is 4.12. The van der Waals surface area contributed by atoms with Gasteiger partial charge in [-0.3, -0.25) is 4.79 Å². The third-order valence-electron chi connectivity index (χ3n) is 4.28. The van der Waals surface area contributed by atoms with E-state index in [-0.39, 0.29) is 17.3 Å². The van der Waals surface area contributed by atoms with Crippen LogP contribution in [-0.4, -0.2) is 27.6 Å². The average molecular weight is 352 g/mol. The van der Waals surface area contributed by atoms with Gasteiger partial charge in [0, 0.05) is 24.2 Å². The first-order chi connectivity index (χ1) is 12.6. The van der Waals surface area contributed by atoms with Crippen LogP contribution >= 0.6 is 0 Å². The summed E-state index contributed by atoms with van der Waals surface area (Å²) < 4.78 is 27.5. The normalized spacial score (nSPS) is 14.1. The molecule has 1 saturated heterocycles. The van der Waals surface area contributed by atoms with Gasteiger partial charge in [0.25, 0.3) is 0 Å². The molecule has 0 bridgehead atoms. The van der Waals surface area contributed by atoms with Gasteiger partial charge >= 0.3 is 0 Å². The maximum atomic E-state index is 14.0. The van der Waals surface area contributed by atoms with Gasteiger partial charge in [-0.2, -0.15) is 5.10 Å². The van der Waals surface area contributed by atoms with E-state index in [0.717, 1.165) is 23.7 Å². The van der Waals surface area contributed by atoms with Gasteiger partial charge in [-0.05, 0) is 30.7 Å². The zero-order valence-corrected chi connectivity index (χ0v) is 13.7. The number of halogens is 2. The Morgan fingerprint density at radius 1 is 1.08 bits per heavy atom. The van der Waals surface area contributed by atoms with Crippen LogP contribution in [0.15, 0.2) is 48.7 Å². The summed E-state index contributed by atoms with van der Waals surface area (Å²) in [7, 11) is 0. The van der Waals surface area contributed by atoms with Crippen LogP contribution in [0.2, 0.25) is 0 Å². The second-order valence-corrected chi connectivity index (χ2v) is 5.97. The summed E-state index contributed by atoms with van der Waals surface area (Å²) >= 11 is 0. The van der Waals surface area contributed by atoms with Gasteiger partial charge in [0.15, 0.2) is 17.5 Å². The van der Waals surface area contributed by atoms with Crippen molar-refractivity contribution in [3.63, 3.8) is 0 Å². The second-order valence-electron chi connectivity index (χ2n) is 5.97. The molecule has 0 spiro atoms. The first-order valence-corrected chi connectivity index (χ1v) is 8.18. The predicted molar refractivity (Wildman–Crippen MR) is 92.2 cm³/mol. The summed E-state index contributed by atoms with van der Waals surface area (Å²) in [6, 6.07) is 11.2. The van der Waals surface area contributed by atoms with Crippen molar-refractivity contribution in [3.8, 4) is 22.6 Å². The molecular weight excluding hydrogens is 338 g/mol. The highest BCUT2D eigenvalue weighted by Crippen LogP contribution is 2.28. The average Bonchev–Trinajstić information content (AvgIpc) is 3.10. The van der Waals surface area contributed by atoms with E-state index in [1.165, 1.54) is 18.3 Å². The third-order valence-corrected chi connectivity index (χ3v) is 4.28. The van der Waals surface area contributed by atoms with Gasteiger partial charge in [-0.1, -0.05) is 18.2 Å². The molecule has 1 aliphatic rings. The van der Waals surface area contributed by atoms with Crippen molar-refractivity contribution in [2.45, 2.75) is 12.8 Å². The van der Waals surface area contributed by atoms with Gasteiger partial charge in [-0.25, -0.2) is 13.8 Å². The molecule has 0 radical (unpaired) electrons. The van der Waals surface area contributed by atoms with E-state index in [2.05, 4.69) is 15.2 Å². The van der Waals surface area contributed by atoms with E-state index in [0.29, 0.717) is 18.7 Å². The lowest BCUT2D eigenvalue weighted by molar-refractivity contribution is -0.117. The van der Waals surface area contributed by atoms with Crippen LogP contribution in [0.1, 0.15) is 12.8 Å². The summed E-state index contributed by atoms with van der Waals surface area (Å²) in [5.41, 5.74) is 1.91. The summed E-state index contributed by atoms with van der Waals surface area (Å²) in [4.78, 5) is 18.0. The van der Waals surface area contributed by atoms with Crippen molar-refractivity contribution in [3.05, 3.63) is 60.3 Å². The molecule has 0 unspecified atom stereocenters. The Labute approximate surface area is 148 Å². The van der Waals surface area contributed by atoms with Crippen molar-refractivity contribution in [2.75, 3.05) is 11.4 Å². The highest BCUT2D eigenvalue weighted by molar-refractivity contribution is 5.95. The van der Waals surface area contributed by atoms with Crippen LogP contribution in [0.3, 0.4) is 0 Å². The fourth-order valence-electron chi connectivity index (χ4n) is 2.99. The second kappa shape index (κ2) is 6.59. The maximum absolute atomic E-state index is 14.0. The first kappa shape index (κ1) is 16.3. The van der Waals surface area contributed by atoms with Gasteiger partial charge < -0.3 is 4.90 Å². The lowest BCUT2D eigenvalue weighted by Crippen LogP contribution is -2.23. The molecule has 4 rings (SSSR count). The predicted octanol–water partition coefficient (Wildman–Crippen LogP) is 3.61. The van der Waals surface area contributed by atoms with Gasteiger partial charge in [0.05, 0.1) is 17.5 Å². The quantitative estimate of drug-likeness (QED) is 0.722. The van der Waals surface area contributed by atoms with Crippen molar-refractivity contribution >= 4 is 11.6 Å². The first-order valence-electron chi connectivity index (χ1n) is 8.18. The Morgan fingerprint density at radius 3 is 2.73 bits per heavy atom. The maximum Gasteiger partial charge on any atom is 0.227 e. The summed E-state index contributed by atoms with van der Waals surface area (Å²) in [6.07, 6.45) is 2.83. The van der Waals surface area contributed by atoms with Crippen molar-refractivity contribution in [1.29, 1.82) is 0 Å². The van der Waals surface area contributed by atoms with Crippen molar-refractivity contribution in [1.82, 2.24) is 15.2 Å². The molecule has 1 aromatic heterocycles. The van der Waals surface area contributed by atoms with Crippen LogP contribution in [0, 0.1) is 11.6 Å². The molecule has 1 fully saturated rings. The Hall–Kier alpha value is -3.22. The molecule has 5 nitrogen and oxygen atoms in total. The number of rotatable bonds is 3. The molecule has 26 heavy (non-hydrogen) atoms. The summed E-state index contributed by atoms with van der Waals surface area (Å²) in [5.74, 6) is -1.89. The van der Waals surface area contributed by atoms with Crippen LogP contribution in [0.5, 0.6) is 0 Å². The largest absolute Gasteiger partial charge is 0.312 e. The Bertz CT molecular complexity index is 993. The Morgan fingerprint density at radius 2 is 1.92 bits per heavy atom. The molecule has 3 aromatic rings. The van der Waals surface area contributed by atoms with Crippen LogP contribution in [0.4, 0.5) is 14.5 Å². The smallest absolute Gasteiger partial charge is 0.227 e. The molecule has 0 aliphatic carbocycles. The number of hydrogen-bond acceptors (Lipinski definition) is 4. The zero-order chi connectivity index (χ0) is 18.1. The summed E-state index contributed by atoms with van der Waals surface area (Å²) in [6.45, 7) is 0.685. The molecule has 2 heterocycles. The molecule has 0 atom stereocenters. The van der Waals surface area contributed by atoms with Gasteiger partial charge in [-0.15, -0.1) is 5.10 Å². The van der Waals surface area contributed by atoms with E-state index < -0.39 is 11.6 Å². The number of carbonyl (C=O) groups is 1. The monoisotopic (exact) mass is 352 g/mol. The summed E-state index contributed by atoms with van der Waals surface area (Å²) in [5, 5.41) is 7.68. The molecule has 1 amide bonds. The fraction of sp³-hybridized carbons (Fsp3) is 0.158. The minimum Gasteiger partial charge on any atom is -0.312 e. The Balaban J connectivity index is 1.73. The van der Waals surface area contributed by atoms with E-state index in [4.69, 9.17) is 0 Å². The number of amides is 1. The van der Waals surface area contributed by atoms with Crippen LogP contribution in [-0.2, 0) is 4.79 Å². The number of carbonyl (C=O) groups excluding carboxylic acids is 1. The standard InChI is InChI=1S/C19H14F2N4O/c20-15-7-2-6-14(18(15)21)19-23-16(11-22-24-19)12-4-1-5-13(10-12)25-9-3-8-17(25)26/h1-2,4-7,10-11H,3,8-9H2. The van der Waals surface area contributed by atoms with Crippen molar-refractivity contribution in [2.24, 2.45) is 0 Å². The molecule has 1 aliphatic heterocycles. The minimum atomic E-state index is -1.01. The molecular formula is C19H14F2N4O. The number of anilines is 1. The van der Waals surface area contributed by atoms with Crippen molar-refractivity contribution < 1.29 is 13.6 Å². The minimum absolute atomic E-state index is 0.00199. The molecule has 7 heteroatoms. The number of benzene rings is 2. The topological polar surface area (TPSA) is 59.0 Å². The van der Waals surface area contributed by atoms with E-state index >= 15 is 0 Å². The van der Waals surface area contributed by atoms with Crippen LogP contribution < -0.4 is 4.90 Å². The lowest BCUT2D eigenvalue weighted by atomic mass is 10.1. The highest BCUT2D eigenvalue weighted by atomic mass is 19.2. The van der Waals surface area contributed by atoms with E-state index in [9.17, 15) is 13.6 Å². The van der Waals surface area contributed by atoms with Crippen LogP contribution in [0.25, 0.3) is 22.6 Å².